The van der Waals surface area contributed by atoms with Crippen LogP contribution in [0.1, 0.15) is 51.7 Å². The second kappa shape index (κ2) is 7.04. The zero-order chi connectivity index (χ0) is 18.1. The lowest BCUT2D eigenvalue weighted by Gasteiger charge is -2.43. The Morgan fingerprint density at radius 3 is 2.38 bits per heavy atom. The number of halogens is 1. The fourth-order valence-corrected chi connectivity index (χ4v) is 4.40. The summed E-state index contributed by atoms with van der Waals surface area (Å²) in [5.41, 5.74) is 2.40. The molecule has 3 N–H and O–H groups in total. The molecule has 5 heteroatoms. The van der Waals surface area contributed by atoms with Crippen molar-refractivity contribution in [2.45, 2.75) is 71.5 Å². The van der Waals surface area contributed by atoms with Crippen LogP contribution in [-0.2, 0) is 4.79 Å². The average molecular weight is 398 g/mol. The molecule has 0 unspecified atom stereocenters. The third-order valence-electron chi connectivity index (χ3n) is 4.51. The number of hydrogen-bond acceptors (Lipinski definition) is 2. The number of nitrogens with two attached hydrogens (primary N) is 1. The topological polar surface area (TPSA) is 54.9 Å². The maximum Gasteiger partial charge on any atom is 0.258 e. The van der Waals surface area contributed by atoms with Crippen LogP contribution in [0.4, 0.5) is 0 Å². The van der Waals surface area contributed by atoms with Gasteiger partial charge in [-0.2, -0.15) is 0 Å². The maximum atomic E-state index is 12.3. The number of quaternary nitrogens is 1. The van der Waals surface area contributed by atoms with E-state index in [1.807, 2.05) is 26.0 Å². The summed E-state index contributed by atoms with van der Waals surface area (Å²) in [6.07, 6.45) is 1.94. The number of ether oxygens (including phenoxy) is 1. The molecule has 1 aromatic rings. The molecule has 0 atom stereocenters. The molecule has 4 nitrogen and oxygen atoms in total. The lowest BCUT2D eigenvalue weighted by molar-refractivity contribution is -0.787. The molecule has 0 bridgehead atoms. The standard InChI is InChI=1S/C19H29BrN2O2/c1-12-8-16(13(2)7-15(12)20)24-11-17(23)21-14-9-18(3,4)22-19(5,6)10-14/h7-8,14,22H,9-11H2,1-6H3,(H,21,23)/p+1. The first-order chi connectivity index (χ1) is 11.0. The normalized spacial score (nSPS) is 19.8. The molecule has 1 heterocycles. The van der Waals surface area contributed by atoms with E-state index in [1.54, 1.807) is 0 Å². The first kappa shape index (κ1) is 19.3. The molecule has 1 aliphatic heterocycles. The van der Waals surface area contributed by atoms with E-state index in [-0.39, 0.29) is 29.6 Å². The fourth-order valence-electron chi connectivity index (χ4n) is 3.94. The molecule has 1 fully saturated rings. The third kappa shape index (κ3) is 5.21. The van der Waals surface area contributed by atoms with E-state index in [1.165, 1.54) is 0 Å². The van der Waals surface area contributed by atoms with Gasteiger partial charge in [-0.3, -0.25) is 4.79 Å². The molecule has 24 heavy (non-hydrogen) atoms. The zero-order valence-electron chi connectivity index (χ0n) is 15.6. The second-order valence-electron chi connectivity index (χ2n) is 8.45. The van der Waals surface area contributed by atoms with Crippen LogP contribution in [0.3, 0.4) is 0 Å². The summed E-state index contributed by atoms with van der Waals surface area (Å²) in [7, 11) is 0. The Hall–Kier alpha value is -1.07. The van der Waals surface area contributed by atoms with Crippen molar-refractivity contribution in [2.24, 2.45) is 0 Å². The molecule has 0 spiro atoms. The number of aryl methyl sites for hydroxylation is 2. The third-order valence-corrected chi connectivity index (χ3v) is 5.36. The van der Waals surface area contributed by atoms with Crippen molar-refractivity contribution in [2.75, 3.05) is 6.61 Å². The Morgan fingerprint density at radius 1 is 1.21 bits per heavy atom. The largest absolute Gasteiger partial charge is 0.483 e. The van der Waals surface area contributed by atoms with E-state index < -0.39 is 0 Å². The molecule has 0 aliphatic carbocycles. The van der Waals surface area contributed by atoms with Crippen LogP contribution in [0, 0.1) is 13.8 Å². The van der Waals surface area contributed by atoms with E-state index >= 15 is 0 Å². The Balaban J connectivity index is 1.93. The first-order valence-electron chi connectivity index (χ1n) is 8.53. The summed E-state index contributed by atoms with van der Waals surface area (Å²) in [6.45, 7) is 13.0. The number of piperidine rings is 1. The highest BCUT2D eigenvalue weighted by Crippen LogP contribution is 2.26. The molecule has 1 aliphatic rings. The van der Waals surface area contributed by atoms with Crippen molar-refractivity contribution < 1.29 is 14.8 Å². The zero-order valence-corrected chi connectivity index (χ0v) is 17.2. The summed E-state index contributed by atoms with van der Waals surface area (Å²) in [6, 6.07) is 4.18. The molecule has 0 radical (unpaired) electrons. The molecule has 0 saturated carbocycles. The number of nitrogens with one attached hydrogen (secondary N) is 1. The van der Waals surface area contributed by atoms with Gasteiger partial charge in [0.1, 0.15) is 5.75 Å². The maximum absolute atomic E-state index is 12.3. The molecular weight excluding hydrogens is 368 g/mol. The minimum absolute atomic E-state index is 0.0477. The van der Waals surface area contributed by atoms with Crippen molar-refractivity contribution in [1.82, 2.24) is 5.32 Å². The predicted molar refractivity (Wildman–Crippen MR) is 100 cm³/mol. The van der Waals surface area contributed by atoms with Gasteiger partial charge in [0.15, 0.2) is 6.61 Å². The minimum atomic E-state index is -0.0477. The van der Waals surface area contributed by atoms with Crippen LogP contribution in [0.5, 0.6) is 5.75 Å². The number of hydrogen-bond donors (Lipinski definition) is 2. The number of amides is 1. The SMILES string of the molecule is Cc1cc(OCC(=O)NC2CC(C)(C)[NH2+]C(C)(C)C2)c(C)cc1Br. The fraction of sp³-hybridized carbons (Fsp3) is 0.632. The van der Waals surface area contributed by atoms with E-state index in [0.29, 0.717) is 0 Å². The number of rotatable bonds is 4. The van der Waals surface area contributed by atoms with Crippen molar-refractivity contribution in [1.29, 1.82) is 0 Å². The lowest BCUT2D eigenvalue weighted by atomic mass is 9.79. The monoisotopic (exact) mass is 397 g/mol. The number of carbonyl (C=O) groups excluding carboxylic acids is 1. The molecule has 1 aromatic carbocycles. The van der Waals surface area contributed by atoms with Gasteiger partial charge < -0.3 is 15.4 Å². The minimum Gasteiger partial charge on any atom is -0.483 e. The predicted octanol–water partition coefficient (Wildman–Crippen LogP) is 2.84. The van der Waals surface area contributed by atoms with Crippen molar-refractivity contribution in [3.8, 4) is 5.75 Å². The van der Waals surface area contributed by atoms with Crippen LogP contribution >= 0.6 is 15.9 Å². The van der Waals surface area contributed by atoms with Crippen LogP contribution in [0.2, 0.25) is 0 Å². The number of benzene rings is 1. The summed E-state index contributed by atoms with van der Waals surface area (Å²) in [5, 5.41) is 5.56. The molecule has 2 rings (SSSR count). The molecular formula is C19H30BrN2O2+. The highest BCUT2D eigenvalue weighted by Gasteiger charge is 2.42. The van der Waals surface area contributed by atoms with Gasteiger partial charge in [0.25, 0.3) is 5.91 Å². The summed E-state index contributed by atoms with van der Waals surface area (Å²) < 4.78 is 6.79. The van der Waals surface area contributed by atoms with E-state index in [9.17, 15) is 4.79 Å². The van der Waals surface area contributed by atoms with E-state index in [4.69, 9.17) is 4.74 Å². The van der Waals surface area contributed by atoms with Gasteiger partial charge in [-0.15, -0.1) is 0 Å². The summed E-state index contributed by atoms with van der Waals surface area (Å²) in [5.74, 6) is 0.719. The van der Waals surface area contributed by atoms with Crippen LogP contribution in [-0.4, -0.2) is 29.6 Å². The number of carbonyl (C=O) groups is 1. The average Bonchev–Trinajstić information content (AvgIpc) is 2.37. The smallest absolute Gasteiger partial charge is 0.258 e. The van der Waals surface area contributed by atoms with Gasteiger partial charge in [0.2, 0.25) is 0 Å². The Bertz CT molecular complexity index is 610. The molecule has 1 amide bonds. The lowest BCUT2D eigenvalue weighted by Crippen LogP contribution is -3.06. The van der Waals surface area contributed by atoms with Crippen molar-refractivity contribution in [3.05, 3.63) is 27.7 Å². The van der Waals surface area contributed by atoms with E-state index in [0.717, 1.165) is 34.2 Å². The van der Waals surface area contributed by atoms with Gasteiger partial charge in [0.05, 0.1) is 11.1 Å². The van der Waals surface area contributed by atoms with Crippen LogP contribution in [0.25, 0.3) is 0 Å². The van der Waals surface area contributed by atoms with Gasteiger partial charge in [-0.1, -0.05) is 15.9 Å². The van der Waals surface area contributed by atoms with Crippen molar-refractivity contribution in [3.63, 3.8) is 0 Å². The first-order valence-corrected chi connectivity index (χ1v) is 9.33. The Labute approximate surface area is 153 Å². The van der Waals surface area contributed by atoms with Crippen LogP contribution in [0.15, 0.2) is 16.6 Å². The van der Waals surface area contributed by atoms with E-state index in [2.05, 4.69) is 54.3 Å². The summed E-state index contributed by atoms with van der Waals surface area (Å²) in [4.78, 5) is 12.3. The van der Waals surface area contributed by atoms with Crippen LogP contribution < -0.4 is 15.4 Å². The molecule has 0 aromatic heterocycles. The molecule has 1 saturated heterocycles. The summed E-state index contributed by atoms with van der Waals surface area (Å²) >= 11 is 3.51. The van der Waals surface area contributed by atoms with Gasteiger partial charge >= 0.3 is 0 Å². The van der Waals surface area contributed by atoms with Crippen molar-refractivity contribution >= 4 is 21.8 Å². The van der Waals surface area contributed by atoms with Gasteiger partial charge in [0, 0.05) is 23.4 Å². The van der Waals surface area contributed by atoms with Gasteiger partial charge in [-0.05, 0) is 64.8 Å². The Kier molecular flexibility index (Phi) is 5.65. The quantitative estimate of drug-likeness (QED) is 0.820. The second-order valence-corrected chi connectivity index (χ2v) is 9.30. The molecule has 134 valence electrons. The Morgan fingerprint density at radius 2 is 1.79 bits per heavy atom. The highest BCUT2D eigenvalue weighted by atomic mass is 79.9. The van der Waals surface area contributed by atoms with Gasteiger partial charge in [-0.25, -0.2) is 0 Å². The highest BCUT2D eigenvalue weighted by molar-refractivity contribution is 9.10.